The summed E-state index contributed by atoms with van der Waals surface area (Å²) in [5, 5.41) is 0. The van der Waals surface area contributed by atoms with Crippen molar-refractivity contribution in [3.8, 4) is 22.3 Å². The Hall–Kier alpha value is -1.96. The molecule has 8 fully saturated rings. The van der Waals surface area contributed by atoms with Gasteiger partial charge in [-0.05, 0) is 0 Å². The van der Waals surface area contributed by atoms with Crippen LogP contribution in [-0.4, -0.2) is 6.88 Å². The summed E-state index contributed by atoms with van der Waals surface area (Å²) in [4.78, 5) is 0. The zero-order valence-electron chi connectivity index (χ0n) is 41.7. The second-order valence-electron chi connectivity index (χ2n) is 27.1. The van der Waals surface area contributed by atoms with Gasteiger partial charge in [-0.1, -0.05) is 0 Å². The molecule has 8 bridgehead atoms. The molecular formula is C62H80Cl2SiZr. The minimum atomic E-state index is -3.99. The first-order valence-corrected chi connectivity index (χ1v) is 40.1. The molecule has 10 aliphatic rings. The Bertz CT molecular complexity index is 2410. The van der Waals surface area contributed by atoms with E-state index in [-0.39, 0.29) is 35.6 Å². The fraction of sp³-hybridized carbons (Fsp3) is 0.548. The number of benzene rings is 4. The zero-order valence-corrected chi connectivity index (χ0v) is 47.2. The Morgan fingerprint density at radius 2 is 0.773 bits per heavy atom. The minimum absolute atomic E-state index is 0. The molecule has 2 unspecified atom stereocenters. The van der Waals surface area contributed by atoms with Crippen LogP contribution in [0, 0.1) is 59.2 Å². The van der Waals surface area contributed by atoms with E-state index < -0.39 is 17.4 Å². The number of fused-ring (bicyclic) bond motifs is 2. The minimum Gasteiger partial charge on any atom is -0.147 e. The zero-order chi connectivity index (χ0) is 44.1. The molecule has 0 aliphatic heterocycles. The fourth-order valence-corrected chi connectivity index (χ4v) is 37.5. The van der Waals surface area contributed by atoms with Gasteiger partial charge in [0.15, 0.2) is 0 Å². The summed E-state index contributed by atoms with van der Waals surface area (Å²) in [7, 11) is 0. The second kappa shape index (κ2) is 16.8. The van der Waals surface area contributed by atoms with Gasteiger partial charge in [-0.25, -0.2) is 0 Å². The quantitative estimate of drug-likeness (QED) is 0.154. The number of hydrogen-bond donors (Lipinski definition) is 0. The van der Waals surface area contributed by atoms with Gasteiger partial charge in [0.1, 0.15) is 0 Å². The Labute approximate surface area is 414 Å². The number of allylic oxidation sites excluding steroid dienone is 2. The topological polar surface area (TPSA) is 0 Å². The van der Waals surface area contributed by atoms with Crippen molar-refractivity contribution >= 4 is 43.8 Å². The third-order valence-electron chi connectivity index (χ3n) is 20.1. The molecule has 14 rings (SSSR count). The standard InChI is InChI=1S/2C30H35.2CH3.2ClH.H2Si.Zr/c2*1-30(2,3)26-9-7-22(8-10-26)27-6-4-5-23-12-21(18-29(23)27)17-28-24-13-19-11-20(15-24)16-25(28)14-19;;;;;;/h2*4-10,12,18-20,24-25,28H,11,13-17H2,1-3H3;2*1H3;2*1H;1H2;. The first-order chi connectivity index (χ1) is 30.4. The van der Waals surface area contributed by atoms with Crippen LogP contribution >= 0.6 is 24.8 Å². The number of halogens is 2. The van der Waals surface area contributed by atoms with Crippen molar-refractivity contribution in [2.75, 3.05) is 0 Å². The molecule has 0 nitrogen and oxygen atoms in total. The number of rotatable bonds is 8. The normalized spacial score (nSPS) is 32.6. The Kier molecular flexibility index (Phi) is 12.2. The average molecular weight is 1020 g/mol. The average Bonchev–Trinajstić information content (AvgIpc) is 3.82. The molecule has 4 aromatic carbocycles. The molecule has 0 spiro atoms. The smallest absolute Gasteiger partial charge is 0.147 e. The van der Waals surface area contributed by atoms with E-state index in [4.69, 9.17) is 0 Å². The largest absolute Gasteiger partial charge is 0.147 e. The van der Waals surface area contributed by atoms with Crippen LogP contribution in [0.15, 0.2) is 96.1 Å². The Morgan fingerprint density at radius 3 is 1.08 bits per heavy atom. The molecule has 0 radical (unpaired) electrons. The van der Waals surface area contributed by atoms with E-state index in [0.717, 1.165) is 59.2 Å². The van der Waals surface area contributed by atoms with Crippen LogP contribution in [0.4, 0.5) is 0 Å². The maximum atomic E-state index is 2.98. The predicted octanol–water partition coefficient (Wildman–Crippen LogP) is 17.3. The summed E-state index contributed by atoms with van der Waals surface area (Å²) in [5.74, 6) is 9.64. The first-order valence-electron chi connectivity index (χ1n) is 26.4. The summed E-state index contributed by atoms with van der Waals surface area (Å²) in [5.41, 5.74) is 19.1. The van der Waals surface area contributed by atoms with Crippen molar-refractivity contribution in [1.82, 2.24) is 0 Å². The maximum Gasteiger partial charge on any atom is -0.147 e. The molecule has 0 saturated heterocycles. The molecule has 350 valence electrons. The van der Waals surface area contributed by atoms with E-state index in [1.54, 1.807) is 22.3 Å². The van der Waals surface area contributed by atoms with Crippen LogP contribution in [-0.2, 0) is 28.2 Å². The van der Waals surface area contributed by atoms with Crippen molar-refractivity contribution in [3.05, 3.63) is 129 Å². The van der Waals surface area contributed by atoms with E-state index in [9.17, 15) is 0 Å². The third kappa shape index (κ3) is 7.99. The maximum absolute atomic E-state index is 3.99. The van der Waals surface area contributed by atoms with Gasteiger partial charge in [0.25, 0.3) is 0 Å². The molecule has 4 aromatic rings. The van der Waals surface area contributed by atoms with Crippen LogP contribution in [0.3, 0.4) is 0 Å². The molecule has 8 saturated carbocycles. The van der Waals surface area contributed by atoms with Gasteiger partial charge in [0.2, 0.25) is 0 Å². The monoisotopic (exact) mass is 1010 g/mol. The van der Waals surface area contributed by atoms with Gasteiger partial charge in [-0.2, -0.15) is 0 Å². The van der Waals surface area contributed by atoms with Crippen molar-refractivity contribution in [1.29, 1.82) is 0 Å². The van der Waals surface area contributed by atoms with Crippen LogP contribution < -0.4 is 0 Å². The van der Waals surface area contributed by atoms with Crippen LogP contribution in [0.1, 0.15) is 159 Å². The van der Waals surface area contributed by atoms with Crippen LogP contribution in [0.5, 0.6) is 0 Å². The van der Waals surface area contributed by atoms with Crippen molar-refractivity contribution < 1.29 is 17.4 Å². The van der Waals surface area contributed by atoms with Crippen molar-refractivity contribution in [2.45, 2.75) is 146 Å². The molecule has 4 heteroatoms. The summed E-state index contributed by atoms with van der Waals surface area (Å²) in [6.45, 7) is 16.7. The van der Waals surface area contributed by atoms with Gasteiger partial charge < -0.3 is 0 Å². The molecule has 0 aromatic heterocycles. The third-order valence-corrected chi connectivity index (χ3v) is 37.6. The summed E-state index contributed by atoms with van der Waals surface area (Å²) in [6.07, 6.45) is 23.6. The van der Waals surface area contributed by atoms with Gasteiger partial charge >= 0.3 is 393 Å². The van der Waals surface area contributed by atoms with E-state index in [1.165, 1.54) is 110 Å². The summed E-state index contributed by atoms with van der Waals surface area (Å²) in [6, 6.07) is 34.6. The van der Waals surface area contributed by atoms with E-state index in [2.05, 4.69) is 155 Å². The van der Waals surface area contributed by atoms with E-state index >= 15 is 0 Å². The van der Waals surface area contributed by atoms with Crippen LogP contribution in [0.25, 0.3) is 34.4 Å². The molecule has 2 atom stereocenters. The summed E-state index contributed by atoms with van der Waals surface area (Å²) < 4.78 is 7.08. The van der Waals surface area contributed by atoms with Gasteiger partial charge in [-0.3, -0.25) is 0 Å². The molecule has 0 heterocycles. The van der Waals surface area contributed by atoms with Crippen LogP contribution in [0.2, 0.25) is 9.26 Å². The van der Waals surface area contributed by atoms with E-state index in [0.29, 0.717) is 7.25 Å². The number of hydrogen-bond acceptors (Lipinski definition) is 0. The SMILES string of the molecule is CC(C)(C)c1ccc(-c2cccc3c2C=C(CC2C4CC5CC(C4)CC2C5)[CH]3[Zr]([CH3])([CH3])(=[SiH2])[CH]2C(CC3C4CC5CC(C4)CC3C5)=Cc3c(-c4ccc(C(C)(C)C)cc4)cccc32)cc1.Cl.Cl. The second-order valence-corrected chi connectivity index (χ2v) is 57.6. The van der Waals surface area contributed by atoms with Gasteiger partial charge in [0.05, 0.1) is 0 Å². The molecule has 0 amide bonds. The summed E-state index contributed by atoms with van der Waals surface area (Å²) >= 11 is -3.99. The molecule has 66 heavy (non-hydrogen) atoms. The Balaban J connectivity index is 0.00000256. The molecule has 0 N–H and O–H groups in total. The Morgan fingerprint density at radius 1 is 0.455 bits per heavy atom. The first kappa shape index (κ1) is 47.7. The van der Waals surface area contributed by atoms with E-state index in [1.807, 2.05) is 11.1 Å². The predicted molar refractivity (Wildman–Crippen MR) is 288 cm³/mol. The van der Waals surface area contributed by atoms with Gasteiger partial charge in [-0.15, -0.1) is 24.8 Å². The fourth-order valence-electron chi connectivity index (χ4n) is 17.8. The van der Waals surface area contributed by atoms with Crippen molar-refractivity contribution in [3.63, 3.8) is 0 Å². The van der Waals surface area contributed by atoms with Crippen molar-refractivity contribution in [2.24, 2.45) is 59.2 Å². The molecular weight excluding hydrogens is 935 g/mol. The van der Waals surface area contributed by atoms with Gasteiger partial charge in [0, 0.05) is 0 Å². The molecule has 10 aliphatic carbocycles.